The van der Waals surface area contributed by atoms with Crippen molar-refractivity contribution >= 4 is 33.2 Å². The Morgan fingerprint density at radius 2 is 1.77 bits per heavy atom. The molecule has 0 unspecified atom stereocenters. The lowest BCUT2D eigenvalue weighted by molar-refractivity contribution is -0.114. The molecule has 0 radical (unpaired) electrons. The Morgan fingerprint density at radius 3 is 2.46 bits per heavy atom. The molecule has 7 nitrogen and oxygen atoms in total. The Morgan fingerprint density at radius 1 is 1.08 bits per heavy atom. The summed E-state index contributed by atoms with van der Waals surface area (Å²) >= 11 is 0. The maximum atomic E-state index is 12.6. The van der Waals surface area contributed by atoms with Gasteiger partial charge < -0.3 is 10.6 Å². The fraction of sp³-hybridized carbons (Fsp3) is 0.111. The highest BCUT2D eigenvalue weighted by atomic mass is 32.2. The van der Waals surface area contributed by atoms with Crippen molar-refractivity contribution < 1.29 is 18.0 Å². The number of sulfonamides is 1. The van der Waals surface area contributed by atoms with Crippen LogP contribution in [0, 0.1) is 0 Å². The van der Waals surface area contributed by atoms with Crippen molar-refractivity contribution in [1.29, 1.82) is 0 Å². The maximum absolute atomic E-state index is 12.6. The van der Waals surface area contributed by atoms with Crippen molar-refractivity contribution in [3.8, 4) is 0 Å². The molecule has 0 fully saturated rings. The Kier molecular flexibility index (Phi) is 6.13. The van der Waals surface area contributed by atoms with Gasteiger partial charge in [0.2, 0.25) is 5.91 Å². The van der Waals surface area contributed by atoms with Gasteiger partial charge in [-0.2, -0.15) is 0 Å². The molecule has 2 amide bonds. The van der Waals surface area contributed by atoms with Crippen LogP contribution in [0.3, 0.4) is 0 Å². The molecule has 136 valence electrons. The summed E-state index contributed by atoms with van der Waals surface area (Å²) in [6, 6.07) is 12.0. The van der Waals surface area contributed by atoms with Crippen LogP contribution < -0.4 is 15.4 Å². The standard InChI is InChI=1S/C18H19N3O4S/c1-3-10-19-18(23)14-6-4-9-17(11-14)26(24,25)21-16-8-5-7-15(12-16)20-13(2)22/h3-9,11-12,21H,1,10H2,2H3,(H,19,23)(H,20,22). The summed E-state index contributed by atoms with van der Waals surface area (Å²) in [6.07, 6.45) is 1.53. The highest BCUT2D eigenvalue weighted by Crippen LogP contribution is 2.20. The molecule has 0 aliphatic heterocycles. The minimum atomic E-state index is -3.90. The number of rotatable bonds is 7. The topological polar surface area (TPSA) is 104 Å². The number of anilines is 2. The number of amides is 2. The number of carbonyl (C=O) groups excluding carboxylic acids is 2. The van der Waals surface area contributed by atoms with Crippen LogP contribution in [-0.4, -0.2) is 26.8 Å². The van der Waals surface area contributed by atoms with Crippen LogP contribution in [0.15, 0.2) is 66.1 Å². The zero-order valence-corrected chi connectivity index (χ0v) is 15.0. The average molecular weight is 373 g/mol. The van der Waals surface area contributed by atoms with Crippen molar-refractivity contribution in [1.82, 2.24) is 5.32 Å². The van der Waals surface area contributed by atoms with Gasteiger partial charge in [0.25, 0.3) is 15.9 Å². The molecule has 2 aromatic rings. The molecule has 0 saturated carbocycles. The van der Waals surface area contributed by atoms with E-state index in [4.69, 9.17) is 0 Å². The normalized spacial score (nSPS) is 10.7. The molecule has 0 aliphatic carbocycles. The number of hydrogen-bond donors (Lipinski definition) is 3. The summed E-state index contributed by atoms with van der Waals surface area (Å²) in [4.78, 5) is 23.0. The van der Waals surface area contributed by atoms with Crippen molar-refractivity contribution in [2.24, 2.45) is 0 Å². The lowest BCUT2D eigenvalue weighted by Gasteiger charge is -2.11. The Balaban J connectivity index is 2.24. The first-order chi connectivity index (χ1) is 12.3. The molecule has 26 heavy (non-hydrogen) atoms. The van der Waals surface area contributed by atoms with Gasteiger partial charge in [-0.3, -0.25) is 14.3 Å². The van der Waals surface area contributed by atoms with Crippen molar-refractivity contribution in [3.63, 3.8) is 0 Å². The minimum absolute atomic E-state index is 0.0475. The molecule has 8 heteroatoms. The van der Waals surface area contributed by atoms with Gasteiger partial charge in [-0.05, 0) is 36.4 Å². The summed E-state index contributed by atoms with van der Waals surface area (Å²) < 4.78 is 27.6. The van der Waals surface area contributed by atoms with Crippen molar-refractivity contribution in [3.05, 3.63) is 66.7 Å². The van der Waals surface area contributed by atoms with Gasteiger partial charge in [0.05, 0.1) is 10.6 Å². The second kappa shape index (κ2) is 8.30. The third kappa shape index (κ3) is 5.18. The van der Waals surface area contributed by atoms with Gasteiger partial charge in [0, 0.05) is 24.7 Å². The van der Waals surface area contributed by atoms with E-state index in [2.05, 4.69) is 21.9 Å². The highest BCUT2D eigenvalue weighted by molar-refractivity contribution is 7.92. The molecule has 0 aromatic heterocycles. The molecule has 2 aromatic carbocycles. The third-order valence-corrected chi connectivity index (χ3v) is 4.63. The first-order valence-corrected chi connectivity index (χ1v) is 9.20. The average Bonchev–Trinajstić information content (AvgIpc) is 2.59. The zero-order valence-electron chi connectivity index (χ0n) is 14.2. The maximum Gasteiger partial charge on any atom is 0.261 e. The first kappa shape index (κ1) is 19.2. The third-order valence-electron chi connectivity index (χ3n) is 3.25. The van der Waals surface area contributed by atoms with Crippen LogP contribution >= 0.6 is 0 Å². The smallest absolute Gasteiger partial charge is 0.261 e. The van der Waals surface area contributed by atoms with Gasteiger partial charge in [-0.25, -0.2) is 8.42 Å². The summed E-state index contributed by atoms with van der Waals surface area (Å²) in [5.74, 6) is -0.655. The number of benzene rings is 2. The molecule has 3 N–H and O–H groups in total. The van der Waals surface area contributed by atoms with E-state index in [9.17, 15) is 18.0 Å². The van der Waals surface area contributed by atoms with E-state index in [0.29, 0.717) is 5.69 Å². The van der Waals surface area contributed by atoms with Crippen molar-refractivity contribution in [2.75, 3.05) is 16.6 Å². The summed E-state index contributed by atoms with van der Waals surface area (Å²) in [5, 5.41) is 5.17. The van der Waals surface area contributed by atoms with Crippen LogP contribution in [-0.2, 0) is 14.8 Å². The predicted octanol–water partition coefficient (Wildman–Crippen LogP) is 2.36. The fourth-order valence-corrected chi connectivity index (χ4v) is 3.24. The van der Waals surface area contributed by atoms with Gasteiger partial charge in [0.1, 0.15) is 0 Å². The molecular formula is C18H19N3O4S. The first-order valence-electron chi connectivity index (χ1n) is 7.71. The number of hydrogen-bond acceptors (Lipinski definition) is 4. The molecule has 0 spiro atoms. The molecule has 0 heterocycles. The summed E-state index contributed by atoms with van der Waals surface area (Å²) in [5.41, 5.74) is 0.981. The summed E-state index contributed by atoms with van der Waals surface area (Å²) in [6.45, 7) is 5.15. The van der Waals surface area contributed by atoms with E-state index in [-0.39, 0.29) is 28.6 Å². The molecule has 0 atom stereocenters. The molecule has 0 saturated heterocycles. The number of nitrogens with one attached hydrogen (secondary N) is 3. The summed E-state index contributed by atoms with van der Waals surface area (Å²) in [7, 11) is -3.90. The van der Waals surface area contributed by atoms with E-state index >= 15 is 0 Å². The van der Waals surface area contributed by atoms with E-state index in [0.717, 1.165) is 0 Å². The largest absolute Gasteiger partial charge is 0.349 e. The number of carbonyl (C=O) groups is 2. The van der Waals surface area contributed by atoms with Gasteiger partial charge in [-0.15, -0.1) is 6.58 Å². The van der Waals surface area contributed by atoms with Crippen LogP contribution in [0.25, 0.3) is 0 Å². The predicted molar refractivity (Wildman–Crippen MR) is 101 cm³/mol. The quantitative estimate of drug-likeness (QED) is 0.648. The monoisotopic (exact) mass is 373 g/mol. The molecule has 0 bridgehead atoms. The van der Waals surface area contributed by atoms with Crippen LogP contribution in [0.2, 0.25) is 0 Å². The van der Waals surface area contributed by atoms with E-state index in [1.165, 1.54) is 43.3 Å². The Hall–Kier alpha value is -3.13. The van der Waals surface area contributed by atoms with E-state index < -0.39 is 15.9 Å². The van der Waals surface area contributed by atoms with Crippen LogP contribution in [0.4, 0.5) is 11.4 Å². The van der Waals surface area contributed by atoms with Gasteiger partial charge in [0.15, 0.2) is 0 Å². The van der Waals surface area contributed by atoms with Gasteiger partial charge in [-0.1, -0.05) is 18.2 Å². The van der Waals surface area contributed by atoms with Gasteiger partial charge >= 0.3 is 0 Å². The van der Waals surface area contributed by atoms with Crippen molar-refractivity contribution in [2.45, 2.75) is 11.8 Å². The second-order valence-electron chi connectivity index (χ2n) is 5.39. The molecular weight excluding hydrogens is 354 g/mol. The lowest BCUT2D eigenvalue weighted by Crippen LogP contribution is -2.23. The second-order valence-corrected chi connectivity index (χ2v) is 7.08. The Labute approximate surface area is 152 Å². The Bertz CT molecular complexity index is 939. The molecule has 0 aliphatic rings. The highest BCUT2D eigenvalue weighted by Gasteiger charge is 2.16. The SMILES string of the molecule is C=CCNC(=O)c1cccc(S(=O)(=O)Nc2cccc(NC(C)=O)c2)c1. The van der Waals surface area contributed by atoms with E-state index in [1.54, 1.807) is 18.2 Å². The van der Waals surface area contributed by atoms with Crippen LogP contribution in [0.1, 0.15) is 17.3 Å². The fourth-order valence-electron chi connectivity index (χ4n) is 2.15. The zero-order chi connectivity index (χ0) is 19.2. The van der Waals surface area contributed by atoms with E-state index in [1.807, 2.05) is 0 Å². The molecule has 2 rings (SSSR count). The minimum Gasteiger partial charge on any atom is -0.349 e. The van der Waals surface area contributed by atoms with Crippen LogP contribution in [0.5, 0.6) is 0 Å². The lowest BCUT2D eigenvalue weighted by atomic mass is 10.2.